The van der Waals surface area contributed by atoms with Crippen LogP contribution in [0.15, 0.2) is 24.5 Å². The maximum absolute atomic E-state index is 14.6. The fourth-order valence-electron chi connectivity index (χ4n) is 3.80. The number of unbranched alkanes of at least 4 members (excludes halogenated alkanes) is 1. The highest BCUT2D eigenvalue weighted by Gasteiger charge is 2.32. The smallest absolute Gasteiger partial charge is 0.316 e. The van der Waals surface area contributed by atoms with Gasteiger partial charge in [0.25, 0.3) is 0 Å². The van der Waals surface area contributed by atoms with Crippen LogP contribution in [0.2, 0.25) is 0 Å². The molecule has 2 aromatic rings. The number of alkyl halides is 2. The van der Waals surface area contributed by atoms with Gasteiger partial charge >= 0.3 is 6.01 Å². The molecule has 5 nitrogen and oxygen atoms in total. The normalized spacial score (nSPS) is 14.8. The number of hydrogen-bond acceptors (Lipinski definition) is 5. The van der Waals surface area contributed by atoms with Gasteiger partial charge in [-0.05, 0) is 61.6 Å². The van der Waals surface area contributed by atoms with Crippen LogP contribution in [0.5, 0.6) is 6.01 Å². The molecular formula is C22H30F2N4O. The minimum absolute atomic E-state index is 0.107. The van der Waals surface area contributed by atoms with E-state index in [9.17, 15) is 8.78 Å². The zero-order valence-corrected chi connectivity index (χ0v) is 17.3. The largest absolute Gasteiger partial charge is 0.467 e. The highest BCUT2D eigenvalue weighted by molar-refractivity contribution is 5.46. The monoisotopic (exact) mass is 404 g/mol. The SMILES string of the molecule is CC[C@@H](CC(F)(F)CCCCc1ccc2c(n1)NCCC2)c1cnc(OC)nc1. The first kappa shape index (κ1) is 21.4. The Hall–Kier alpha value is -2.31. The molecule has 0 saturated heterocycles. The van der Waals surface area contributed by atoms with Crippen LogP contribution in [-0.2, 0) is 12.8 Å². The molecule has 3 rings (SSSR count). The highest BCUT2D eigenvalue weighted by atomic mass is 19.3. The summed E-state index contributed by atoms with van der Waals surface area (Å²) in [7, 11) is 1.48. The molecule has 158 valence electrons. The van der Waals surface area contributed by atoms with E-state index in [0.29, 0.717) is 19.3 Å². The van der Waals surface area contributed by atoms with E-state index < -0.39 is 5.92 Å². The molecule has 0 radical (unpaired) electrons. The lowest BCUT2D eigenvalue weighted by molar-refractivity contribution is -0.0251. The summed E-state index contributed by atoms with van der Waals surface area (Å²) in [6.07, 6.45) is 7.62. The summed E-state index contributed by atoms with van der Waals surface area (Å²) >= 11 is 0. The molecule has 0 fully saturated rings. The van der Waals surface area contributed by atoms with Crippen molar-refractivity contribution in [2.75, 3.05) is 19.0 Å². The quantitative estimate of drug-likeness (QED) is 0.554. The van der Waals surface area contributed by atoms with Crippen molar-refractivity contribution in [2.24, 2.45) is 0 Å². The lowest BCUT2D eigenvalue weighted by atomic mass is 9.90. The van der Waals surface area contributed by atoms with Gasteiger partial charge in [-0.2, -0.15) is 0 Å². The maximum Gasteiger partial charge on any atom is 0.316 e. The van der Waals surface area contributed by atoms with Gasteiger partial charge in [-0.25, -0.2) is 23.7 Å². The number of anilines is 1. The summed E-state index contributed by atoms with van der Waals surface area (Å²) in [4.78, 5) is 12.7. The van der Waals surface area contributed by atoms with Gasteiger partial charge in [0.1, 0.15) is 5.82 Å². The first-order chi connectivity index (χ1) is 14.0. The van der Waals surface area contributed by atoms with Gasteiger partial charge in [-0.15, -0.1) is 0 Å². The Bertz CT molecular complexity index is 783. The average molecular weight is 405 g/mol. The van der Waals surface area contributed by atoms with E-state index in [1.165, 1.54) is 12.7 Å². The summed E-state index contributed by atoms with van der Waals surface area (Å²) in [6, 6.07) is 4.39. The second-order valence-electron chi connectivity index (χ2n) is 7.72. The van der Waals surface area contributed by atoms with Crippen LogP contribution in [0.3, 0.4) is 0 Å². The summed E-state index contributed by atoms with van der Waals surface area (Å²) in [5.41, 5.74) is 2.96. The Labute approximate surface area is 171 Å². The van der Waals surface area contributed by atoms with Crippen LogP contribution in [0.25, 0.3) is 0 Å². The van der Waals surface area contributed by atoms with Crippen LogP contribution in [-0.4, -0.2) is 34.5 Å². The number of hydrogen-bond donors (Lipinski definition) is 1. The van der Waals surface area contributed by atoms with Crippen LogP contribution in [0.1, 0.15) is 68.2 Å². The van der Waals surface area contributed by atoms with E-state index in [1.54, 1.807) is 12.4 Å². The molecule has 2 aromatic heterocycles. The average Bonchev–Trinajstić information content (AvgIpc) is 2.75. The summed E-state index contributed by atoms with van der Waals surface area (Å²) in [5.74, 6) is -2.00. The molecule has 29 heavy (non-hydrogen) atoms. The maximum atomic E-state index is 14.6. The predicted octanol–water partition coefficient (Wildman–Crippen LogP) is 5.17. The number of rotatable bonds is 10. The first-order valence-electron chi connectivity index (χ1n) is 10.5. The predicted molar refractivity (Wildman–Crippen MR) is 110 cm³/mol. The van der Waals surface area contributed by atoms with E-state index in [-0.39, 0.29) is 24.8 Å². The van der Waals surface area contributed by atoms with Crippen LogP contribution >= 0.6 is 0 Å². The third-order valence-electron chi connectivity index (χ3n) is 5.52. The third-order valence-corrected chi connectivity index (χ3v) is 5.52. The Kier molecular flexibility index (Phi) is 7.34. The molecule has 0 amide bonds. The fraction of sp³-hybridized carbons (Fsp3) is 0.591. The molecule has 1 aliphatic rings. The molecule has 1 N–H and O–H groups in total. The van der Waals surface area contributed by atoms with Crippen molar-refractivity contribution in [3.63, 3.8) is 0 Å². The van der Waals surface area contributed by atoms with E-state index in [1.807, 2.05) is 13.0 Å². The van der Waals surface area contributed by atoms with Gasteiger partial charge in [-0.1, -0.05) is 13.0 Å². The standard InChI is InChI=1S/C22H30F2N4O/c1-3-16(18-14-26-21(29-2)27-15-18)13-22(23,24)11-5-4-8-19-10-9-17-7-6-12-25-20(17)28-19/h9-10,14-16H,3-8,11-13H2,1-2H3,(H,25,28)/t16-/m0/s1. The van der Waals surface area contributed by atoms with Gasteiger partial charge < -0.3 is 10.1 Å². The van der Waals surface area contributed by atoms with Crippen LogP contribution in [0, 0.1) is 0 Å². The Morgan fingerprint density at radius 1 is 1.21 bits per heavy atom. The van der Waals surface area contributed by atoms with Crippen molar-refractivity contribution >= 4 is 5.82 Å². The zero-order valence-electron chi connectivity index (χ0n) is 17.3. The summed E-state index contributed by atoms with van der Waals surface area (Å²) < 4.78 is 34.0. The lowest BCUT2D eigenvalue weighted by Gasteiger charge is -2.22. The lowest BCUT2D eigenvalue weighted by Crippen LogP contribution is -2.20. The molecule has 1 atom stereocenters. The Balaban J connectivity index is 1.47. The Morgan fingerprint density at radius 3 is 2.72 bits per heavy atom. The molecular weight excluding hydrogens is 374 g/mol. The van der Waals surface area contributed by atoms with Gasteiger partial charge in [-0.3, -0.25) is 0 Å². The molecule has 0 aliphatic carbocycles. The number of aromatic nitrogens is 3. The minimum Gasteiger partial charge on any atom is -0.467 e. The molecule has 0 spiro atoms. The van der Waals surface area contributed by atoms with Crippen molar-refractivity contribution in [2.45, 2.75) is 70.1 Å². The van der Waals surface area contributed by atoms with E-state index in [2.05, 4.69) is 26.3 Å². The molecule has 0 bridgehead atoms. The topological polar surface area (TPSA) is 59.9 Å². The summed E-state index contributed by atoms with van der Waals surface area (Å²) in [6.45, 7) is 2.87. The number of fused-ring (bicyclic) bond motifs is 1. The van der Waals surface area contributed by atoms with Crippen molar-refractivity contribution in [3.8, 4) is 6.01 Å². The summed E-state index contributed by atoms with van der Waals surface area (Å²) in [5, 5.41) is 3.32. The van der Waals surface area contributed by atoms with E-state index in [0.717, 1.165) is 42.9 Å². The van der Waals surface area contributed by atoms with Crippen molar-refractivity contribution in [1.29, 1.82) is 0 Å². The molecule has 7 heteroatoms. The number of ether oxygens (including phenoxy) is 1. The highest BCUT2D eigenvalue weighted by Crippen LogP contribution is 2.35. The van der Waals surface area contributed by atoms with E-state index >= 15 is 0 Å². The zero-order chi connectivity index (χ0) is 20.7. The second kappa shape index (κ2) is 9.94. The number of nitrogens with zero attached hydrogens (tertiary/aromatic N) is 3. The second-order valence-corrected chi connectivity index (χ2v) is 7.72. The van der Waals surface area contributed by atoms with Gasteiger partial charge in [0.05, 0.1) is 7.11 Å². The molecule has 1 aliphatic heterocycles. The number of nitrogens with one attached hydrogen (secondary N) is 1. The third kappa shape index (κ3) is 6.08. The van der Waals surface area contributed by atoms with Crippen molar-refractivity contribution < 1.29 is 13.5 Å². The van der Waals surface area contributed by atoms with Gasteiger partial charge in [0, 0.05) is 37.5 Å². The molecule has 0 unspecified atom stereocenters. The number of halogens is 2. The number of pyridine rings is 1. The van der Waals surface area contributed by atoms with Crippen molar-refractivity contribution in [3.05, 3.63) is 41.3 Å². The van der Waals surface area contributed by atoms with E-state index in [4.69, 9.17) is 4.74 Å². The molecule has 3 heterocycles. The Morgan fingerprint density at radius 2 is 2.00 bits per heavy atom. The fourth-order valence-corrected chi connectivity index (χ4v) is 3.80. The van der Waals surface area contributed by atoms with Gasteiger partial charge in [0.15, 0.2) is 0 Å². The molecule has 0 saturated carbocycles. The first-order valence-corrected chi connectivity index (χ1v) is 10.5. The number of aryl methyl sites for hydroxylation is 2. The van der Waals surface area contributed by atoms with Gasteiger partial charge in [0.2, 0.25) is 5.92 Å². The minimum atomic E-state index is -2.70. The van der Waals surface area contributed by atoms with Crippen LogP contribution in [0.4, 0.5) is 14.6 Å². The molecule has 0 aromatic carbocycles. The van der Waals surface area contributed by atoms with Crippen molar-refractivity contribution in [1.82, 2.24) is 15.0 Å². The van der Waals surface area contributed by atoms with Crippen LogP contribution < -0.4 is 10.1 Å². The number of methoxy groups -OCH3 is 1.